The molecule has 0 aromatic heterocycles. The van der Waals surface area contributed by atoms with Crippen LogP contribution in [0.4, 0.5) is 5.69 Å². The highest BCUT2D eigenvalue weighted by atomic mass is 35.5. The van der Waals surface area contributed by atoms with Gasteiger partial charge in [-0.2, -0.15) is 0 Å². The minimum absolute atomic E-state index is 0.0781. The molecule has 0 bridgehead atoms. The first-order valence-corrected chi connectivity index (χ1v) is 11.8. The number of hydrogen-bond donors (Lipinski definition) is 1. The molecule has 1 spiro atoms. The van der Waals surface area contributed by atoms with Crippen molar-refractivity contribution in [2.24, 2.45) is 9.98 Å². The summed E-state index contributed by atoms with van der Waals surface area (Å²) < 4.78 is 0. The number of nitrogens with one attached hydrogen (secondary N) is 1. The van der Waals surface area contributed by atoms with Crippen molar-refractivity contribution in [3.63, 3.8) is 0 Å². The van der Waals surface area contributed by atoms with Gasteiger partial charge in [0.05, 0.1) is 11.5 Å². The minimum Gasteiger partial charge on any atom is -0.325 e. The number of nitrogens with zero attached hydrogens (tertiary/aromatic N) is 3. The van der Waals surface area contributed by atoms with Crippen molar-refractivity contribution < 1.29 is 4.79 Å². The second kappa shape index (κ2) is 9.15. The molecule has 1 amide bonds. The topological polar surface area (TPSA) is 57.1 Å². The Labute approximate surface area is 193 Å². The zero-order valence-corrected chi connectivity index (χ0v) is 19.7. The third-order valence-corrected chi connectivity index (χ3v) is 6.96. The molecular formula is C24H27ClN4OS. The number of piperidine rings is 1. The summed E-state index contributed by atoms with van der Waals surface area (Å²) in [6.07, 6.45) is 1.80. The second-order valence-electron chi connectivity index (χ2n) is 8.33. The second-order valence-corrected chi connectivity index (χ2v) is 9.73. The first-order chi connectivity index (χ1) is 14.8. The molecule has 2 aliphatic heterocycles. The summed E-state index contributed by atoms with van der Waals surface area (Å²) >= 11 is 7.53. The molecule has 2 aromatic carbocycles. The molecule has 162 valence electrons. The maximum absolute atomic E-state index is 12.7. The number of rotatable bonds is 4. The van der Waals surface area contributed by atoms with Crippen LogP contribution in [-0.2, 0) is 4.79 Å². The number of benzene rings is 2. The monoisotopic (exact) mass is 454 g/mol. The van der Waals surface area contributed by atoms with Gasteiger partial charge in [0.25, 0.3) is 0 Å². The summed E-state index contributed by atoms with van der Waals surface area (Å²) in [6, 6.07) is 13.9. The lowest BCUT2D eigenvalue weighted by atomic mass is 9.99. The van der Waals surface area contributed by atoms with Crippen LogP contribution >= 0.6 is 23.4 Å². The van der Waals surface area contributed by atoms with Gasteiger partial charge in [0.1, 0.15) is 5.04 Å². The molecule has 4 rings (SSSR count). The molecule has 2 heterocycles. The molecule has 0 atom stereocenters. The van der Waals surface area contributed by atoms with E-state index in [1.807, 2.05) is 19.1 Å². The van der Waals surface area contributed by atoms with Crippen LogP contribution in [0, 0.1) is 13.8 Å². The number of aliphatic imine (C=N–C) groups is 2. The zero-order chi connectivity index (χ0) is 22.0. The van der Waals surface area contributed by atoms with Gasteiger partial charge in [-0.05, 0) is 38.6 Å². The summed E-state index contributed by atoms with van der Waals surface area (Å²) in [5.41, 5.74) is 4.49. The standard InChI is InChI=1S/C24H27ClN4OS/c1-16-4-7-18(8-5-16)22-23(28-24(27-22)10-12-29(3)13-11-24)31-15-21(30)26-20-14-19(25)9-6-17(20)2/h4-9,14H,10-13,15H2,1-3H3,(H,26,30). The summed E-state index contributed by atoms with van der Waals surface area (Å²) in [5.74, 6) is 0.191. The average Bonchev–Trinajstić information content (AvgIpc) is 3.10. The van der Waals surface area contributed by atoms with Crippen molar-refractivity contribution in [1.82, 2.24) is 4.90 Å². The first kappa shape index (κ1) is 22.1. The number of amides is 1. The molecular weight excluding hydrogens is 428 g/mol. The fraction of sp³-hybridized carbons (Fsp3) is 0.375. The normalized spacial score (nSPS) is 18.1. The quantitative estimate of drug-likeness (QED) is 0.710. The SMILES string of the molecule is Cc1ccc(C2=NC3(CCN(C)CC3)N=C2SCC(=O)Nc2cc(Cl)ccc2C)cc1. The van der Waals surface area contributed by atoms with Gasteiger partial charge in [0.2, 0.25) is 5.91 Å². The van der Waals surface area contributed by atoms with Crippen LogP contribution in [0.1, 0.15) is 29.5 Å². The highest BCUT2D eigenvalue weighted by Gasteiger charge is 2.39. The van der Waals surface area contributed by atoms with E-state index in [2.05, 4.69) is 48.5 Å². The van der Waals surface area contributed by atoms with Crippen LogP contribution in [-0.4, -0.2) is 53.1 Å². The van der Waals surface area contributed by atoms with Crippen molar-refractivity contribution in [3.05, 3.63) is 64.2 Å². The molecule has 0 radical (unpaired) electrons. The Morgan fingerprint density at radius 2 is 1.84 bits per heavy atom. The largest absolute Gasteiger partial charge is 0.325 e. The van der Waals surface area contributed by atoms with E-state index in [-0.39, 0.29) is 11.7 Å². The Morgan fingerprint density at radius 3 is 2.55 bits per heavy atom. The van der Waals surface area contributed by atoms with Crippen molar-refractivity contribution >= 4 is 45.7 Å². The van der Waals surface area contributed by atoms with Crippen LogP contribution in [0.3, 0.4) is 0 Å². The number of thioether (sulfide) groups is 1. The fourth-order valence-electron chi connectivity index (χ4n) is 3.77. The number of aryl methyl sites for hydroxylation is 2. The van der Waals surface area contributed by atoms with Crippen molar-refractivity contribution in [2.75, 3.05) is 31.2 Å². The van der Waals surface area contributed by atoms with Crippen LogP contribution in [0.25, 0.3) is 0 Å². The lowest BCUT2D eigenvalue weighted by Crippen LogP contribution is -2.39. The number of hydrogen-bond acceptors (Lipinski definition) is 5. The molecule has 1 fully saturated rings. The predicted octanol–water partition coefficient (Wildman–Crippen LogP) is 4.95. The van der Waals surface area contributed by atoms with E-state index in [1.54, 1.807) is 6.07 Å². The minimum atomic E-state index is -0.394. The molecule has 1 saturated heterocycles. The number of likely N-dealkylation sites (tertiary alicyclic amines) is 1. The number of carbonyl (C=O) groups excluding carboxylic acids is 1. The van der Waals surface area contributed by atoms with Gasteiger partial charge in [-0.3, -0.25) is 9.79 Å². The van der Waals surface area contributed by atoms with Gasteiger partial charge in [-0.15, -0.1) is 0 Å². The van der Waals surface area contributed by atoms with Crippen molar-refractivity contribution in [2.45, 2.75) is 32.4 Å². The third-order valence-electron chi connectivity index (χ3n) is 5.76. The lowest BCUT2D eigenvalue weighted by molar-refractivity contribution is -0.113. The number of carbonyl (C=O) groups is 1. The van der Waals surface area contributed by atoms with Crippen LogP contribution in [0.2, 0.25) is 5.02 Å². The molecule has 5 nitrogen and oxygen atoms in total. The smallest absolute Gasteiger partial charge is 0.234 e. The van der Waals surface area contributed by atoms with E-state index < -0.39 is 5.66 Å². The molecule has 7 heteroatoms. The van der Waals surface area contributed by atoms with E-state index in [0.717, 1.165) is 53.5 Å². The van der Waals surface area contributed by atoms with E-state index in [9.17, 15) is 4.79 Å². The van der Waals surface area contributed by atoms with Crippen molar-refractivity contribution in [1.29, 1.82) is 0 Å². The van der Waals surface area contributed by atoms with Gasteiger partial charge in [0, 0.05) is 42.2 Å². The third kappa shape index (κ3) is 5.20. The Balaban J connectivity index is 1.51. The highest BCUT2D eigenvalue weighted by Crippen LogP contribution is 2.35. The van der Waals surface area contributed by atoms with Crippen LogP contribution in [0.5, 0.6) is 0 Å². The molecule has 1 N–H and O–H groups in total. The molecule has 31 heavy (non-hydrogen) atoms. The lowest BCUT2D eigenvalue weighted by Gasteiger charge is -2.33. The molecule has 0 saturated carbocycles. The summed E-state index contributed by atoms with van der Waals surface area (Å²) in [7, 11) is 2.13. The van der Waals surface area contributed by atoms with E-state index in [0.29, 0.717) is 5.02 Å². The van der Waals surface area contributed by atoms with Crippen LogP contribution < -0.4 is 5.32 Å². The molecule has 0 unspecified atom stereocenters. The zero-order valence-electron chi connectivity index (χ0n) is 18.1. The summed E-state index contributed by atoms with van der Waals surface area (Å²) in [6.45, 7) is 5.97. The molecule has 0 aliphatic carbocycles. The van der Waals surface area contributed by atoms with Gasteiger partial charge in [0.15, 0.2) is 5.66 Å². The van der Waals surface area contributed by atoms with E-state index >= 15 is 0 Å². The van der Waals surface area contributed by atoms with Gasteiger partial charge in [-0.25, -0.2) is 4.99 Å². The number of anilines is 1. The van der Waals surface area contributed by atoms with E-state index in [1.165, 1.54) is 17.3 Å². The molecule has 2 aliphatic rings. The van der Waals surface area contributed by atoms with E-state index in [4.69, 9.17) is 21.6 Å². The van der Waals surface area contributed by atoms with Crippen molar-refractivity contribution in [3.8, 4) is 0 Å². The Hall–Kier alpha value is -2.15. The Morgan fingerprint density at radius 1 is 1.13 bits per heavy atom. The highest BCUT2D eigenvalue weighted by molar-refractivity contribution is 8.16. The number of halogens is 1. The maximum Gasteiger partial charge on any atom is 0.234 e. The Bertz CT molecular complexity index is 1040. The van der Waals surface area contributed by atoms with Gasteiger partial charge < -0.3 is 10.2 Å². The average molecular weight is 455 g/mol. The van der Waals surface area contributed by atoms with Gasteiger partial charge >= 0.3 is 0 Å². The Kier molecular flexibility index (Phi) is 6.51. The molecule has 2 aromatic rings. The predicted molar refractivity (Wildman–Crippen MR) is 132 cm³/mol. The van der Waals surface area contributed by atoms with Crippen LogP contribution in [0.15, 0.2) is 52.4 Å². The van der Waals surface area contributed by atoms with Gasteiger partial charge in [-0.1, -0.05) is 59.3 Å². The summed E-state index contributed by atoms with van der Waals surface area (Å²) in [4.78, 5) is 25.1. The summed E-state index contributed by atoms with van der Waals surface area (Å²) in [5, 5.41) is 4.42. The fourth-order valence-corrected chi connectivity index (χ4v) is 4.82. The first-order valence-electron chi connectivity index (χ1n) is 10.5. The maximum atomic E-state index is 12.7.